The topological polar surface area (TPSA) is 3.24 Å². The Balaban J connectivity index is 1.39. The van der Waals surface area contributed by atoms with Crippen molar-refractivity contribution >= 4 is 0 Å². The molecule has 1 saturated carbocycles. The number of alkyl halides is 1. The SMILES string of the molecule is CN(CCCc1ccc(C2CCCCC2F)cc1)CCc1ccccc1. The Morgan fingerprint density at radius 3 is 2.27 bits per heavy atom. The average Bonchev–Trinajstić information content (AvgIpc) is 2.68. The van der Waals surface area contributed by atoms with Crippen molar-refractivity contribution in [1.29, 1.82) is 0 Å². The number of nitrogens with zero attached hydrogens (tertiary/aromatic N) is 1. The molecule has 2 heteroatoms. The Kier molecular flexibility index (Phi) is 7.25. The lowest BCUT2D eigenvalue weighted by atomic mass is 9.82. The zero-order valence-corrected chi connectivity index (χ0v) is 16.0. The number of halogens is 1. The van der Waals surface area contributed by atoms with Crippen molar-refractivity contribution in [3.8, 4) is 0 Å². The van der Waals surface area contributed by atoms with Gasteiger partial charge in [-0.15, -0.1) is 0 Å². The normalized spacial score (nSPS) is 20.4. The molecule has 0 N–H and O–H groups in total. The van der Waals surface area contributed by atoms with Gasteiger partial charge in [-0.05, 0) is 62.4 Å². The predicted octanol–water partition coefficient (Wildman–Crippen LogP) is 5.79. The molecule has 1 nitrogen and oxygen atoms in total. The van der Waals surface area contributed by atoms with Crippen LogP contribution in [0.3, 0.4) is 0 Å². The molecule has 0 aromatic heterocycles. The van der Waals surface area contributed by atoms with Crippen LogP contribution in [0.25, 0.3) is 0 Å². The lowest BCUT2D eigenvalue weighted by Gasteiger charge is -2.26. The maximum atomic E-state index is 14.1. The maximum absolute atomic E-state index is 14.1. The van der Waals surface area contributed by atoms with Crippen molar-refractivity contribution in [3.05, 3.63) is 71.3 Å². The van der Waals surface area contributed by atoms with Crippen LogP contribution in [0.4, 0.5) is 4.39 Å². The van der Waals surface area contributed by atoms with E-state index in [4.69, 9.17) is 0 Å². The summed E-state index contributed by atoms with van der Waals surface area (Å²) in [5.41, 5.74) is 3.97. The summed E-state index contributed by atoms with van der Waals surface area (Å²) in [5.74, 6) is 0.127. The third-order valence-corrected chi connectivity index (χ3v) is 5.72. The number of hydrogen-bond acceptors (Lipinski definition) is 1. The monoisotopic (exact) mass is 353 g/mol. The van der Waals surface area contributed by atoms with E-state index in [1.165, 1.54) is 29.5 Å². The van der Waals surface area contributed by atoms with Gasteiger partial charge in [0, 0.05) is 12.5 Å². The molecule has 1 aliphatic carbocycles. The van der Waals surface area contributed by atoms with E-state index in [1.54, 1.807) is 0 Å². The van der Waals surface area contributed by atoms with Crippen molar-refractivity contribution in [2.75, 3.05) is 20.1 Å². The molecule has 0 heterocycles. The molecule has 26 heavy (non-hydrogen) atoms. The quantitative estimate of drug-likeness (QED) is 0.580. The van der Waals surface area contributed by atoms with Gasteiger partial charge in [-0.25, -0.2) is 4.39 Å². The number of hydrogen-bond donors (Lipinski definition) is 0. The maximum Gasteiger partial charge on any atom is 0.107 e. The zero-order valence-electron chi connectivity index (χ0n) is 16.0. The highest BCUT2D eigenvalue weighted by Crippen LogP contribution is 2.35. The minimum absolute atomic E-state index is 0.127. The summed E-state index contributed by atoms with van der Waals surface area (Å²) >= 11 is 0. The fourth-order valence-electron chi connectivity index (χ4n) is 4.02. The third kappa shape index (κ3) is 5.67. The molecule has 2 aromatic rings. The van der Waals surface area contributed by atoms with Gasteiger partial charge in [0.05, 0.1) is 0 Å². The number of likely N-dealkylation sites (N-methyl/N-ethyl adjacent to an activating group) is 1. The molecule has 1 aliphatic rings. The molecule has 0 spiro atoms. The van der Waals surface area contributed by atoms with Gasteiger partial charge < -0.3 is 4.90 Å². The van der Waals surface area contributed by atoms with Crippen molar-refractivity contribution in [2.24, 2.45) is 0 Å². The highest BCUT2D eigenvalue weighted by atomic mass is 19.1. The smallest absolute Gasteiger partial charge is 0.107 e. The first-order chi connectivity index (χ1) is 12.7. The molecular weight excluding hydrogens is 321 g/mol. The van der Waals surface area contributed by atoms with Gasteiger partial charge in [0.25, 0.3) is 0 Å². The van der Waals surface area contributed by atoms with Gasteiger partial charge in [-0.1, -0.05) is 67.4 Å². The summed E-state index contributed by atoms with van der Waals surface area (Å²) in [4.78, 5) is 2.41. The minimum Gasteiger partial charge on any atom is -0.306 e. The van der Waals surface area contributed by atoms with Crippen LogP contribution in [-0.2, 0) is 12.8 Å². The summed E-state index contributed by atoms with van der Waals surface area (Å²) in [6.07, 6.45) is 6.69. The standard InChI is InChI=1S/C24H32FN/c1-26(19-17-20-8-3-2-4-9-20)18-7-10-21-13-15-22(16-14-21)23-11-5-6-12-24(23)25/h2-4,8-9,13-16,23-24H,5-7,10-12,17-19H2,1H3. The summed E-state index contributed by atoms with van der Waals surface area (Å²) in [6.45, 7) is 2.21. The third-order valence-electron chi connectivity index (χ3n) is 5.72. The fourth-order valence-corrected chi connectivity index (χ4v) is 4.02. The van der Waals surface area contributed by atoms with E-state index in [-0.39, 0.29) is 5.92 Å². The van der Waals surface area contributed by atoms with E-state index in [2.05, 4.69) is 66.5 Å². The van der Waals surface area contributed by atoms with Crippen LogP contribution in [0.5, 0.6) is 0 Å². The van der Waals surface area contributed by atoms with Crippen molar-refractivity contribution in [1.82, 2.24) is 4.90 Å². The van der Waals surface area contributed by atoms with Crippen LogP contribution < -0.4 is 0 Å². The Labute approximate surface area is 158 Å². The lowest BCUT2D eigenvalue weighted by molar-refractivity contribution is 0.216. The average molecular weight is 354 g/mol. The fraction of sp³-hybridized carbons (Fsp3) is 0.500. The molecule has 2 atom stereocenters. The second kappa shape index (κ2) is 9.87. The first-order valence-electron chi connectivity index (χ1n) is 10.2. The molecule has 0 bridgehead atoms. The number of benzene rings is 2. The van der Waals surface area contributed by atoms with Gasteiger partial charge in [-0.2, -0.15) is 0 Å². The Bertz CT molecular complexity index is 637. The summed E-state index contributed by atoms with van der Waals surface area (Å²) in [7, 11) is 2.20. The Hall–Kier alpha value is -1.67. The van der Waals surface area contributed by atoms with Crippen molar-refractivity contribution in [2.45, 2.75) is 57.0 Å². The van der Waals surface area contributed by atoms with Crippen LogP contribution >= 0.6 is 0 Å². The van der Waals surface area contributed by atoms with Crippen molar-refractivity contribution < 1.29 is 4.39 Å². The van der Waals surface area contributed by atoms with Crippen LogP contribution in [0.2, 0.25) is 0 Å². The first kappa shape index (κ1) is 19.1. The molecule has 0 saturated heterocycles. The molecule has 0 aliphatic heterocycles. The summed E-state index contributed by atoms with van der Waals surface area (Å²) < 4.78 is 14.1. The molecule has 2 aromatic carbocycles. The predicted molar refractivity (Wildman–Crippen MR) is 109 cm³/mol. The highest BCUT2D eigenvalue weighted by molar-refractivity contribution is 5.26. The van der Waals surface area contributed by atoms with E-state index in [1.807, 2.05) is 0 Å². The largest absolute Gasteiger partial charge is 0.306 e. The van der Waals surface area contributed by atoms with Crippen LogP contribution in [0.1, 0.15) is 54.7 Å². The Morgan fingerprint density at radius 1 is 0.846 bits per heavy atom. The zero-order chi connectivity index (χ0) is 18.2. The summed E-state index contributed by atoms with van der Waals surface area (Å²) in [6, 6.07) is 19.4. The van der Waals surface area contributed by atoms with Gasteiger partial charge in [-0.3, -0.25) is 0 Å². The van der Waals surface area contributed by atoms with E-state index < -0.39 is 6.17 Å². The van der Waals surface area contributed by atoms with Gasteiger partial charge >= 0.3 is 0 Å². The van der Waals surface area contributed by atoms with E-state index in [9.17, 15) is 4.39 Å². The summed E-state index contributed by atoms with van der Waals surface area (Å²) in [5, 5.41) is 0. The van der Waals surface area contributed by atoms with Gasteiger partial charge in [0.1, 0.15) is 6.17 Å². The van der Waals surface area contributed by atoms with Crippen LogP contribution in [-0.4, -0.2) is 31.2 Å². The number of aryl methyl sites for hydroxylation is 1. The molecule has 2 unspecified atom stereocenters. The molecule has 0 radical (unpaired) electrons. The van der Waals surface area contributed by atoms with Crippen LogP contribution in [0.15, 0.2) is 54.6 Å². The Morgan fingerprint density at radius 2 is 1.54 bits per heavy atom. The lowest BCUT2D eigenvalue weighted by Crippen LogP contribution is -2.22. The second-order valence-electron chi connectivity index (χ2n) is 7.79. The molecule has 0 amide bonds. The number of rotatable bonds is 8. The van der Waals surface area contributed by atoms with E-state index in [0.717, 1.165) is 45.2 Å². The van der Waals surface area contributed by atoms with Crippen molar-refractivity contribution in [3.63, 3.8) is 0 Å². The first-order valence-corrected chi connectivity index (χ1v) is 10.2. The van der Waals surface area contributed by atoms with Gasteiger partial charge in [0.2, 0.25) is 0 Å². The molecule has 140 valence electrons. The molecule has 3 rings (SSSR count). The van der Waals surface area contributed by atoms with Crippen LogP contribution in [0, 0.1) is 0 Å². The molecular formula is C24H32FN. The van der Waals surface area contributed by atoms with E-state index >= 15 is 0 Å². The highest BCUT2D eigenvalue weighted by Gasteiger charge is 2.25. The van der Waals surface area contributed by atoms with E-state index in [0.29, 0.717) is 0 Å². The molecule has 1 fully saturated rings. The second-order valence-corrected chi connectivity index (χ2v) is 7.79. The minimum atomic E-state index is -0.645. The van der Waals surface area contributed by atoms with Gasteiger partial charge in [0.15, 0.2) is 0 Å².